The van der Waals surface area contributed by atoms with E-state index < -0.39 is 0 Å². The van der Waals surface area contributed by atoms with Crippen LogP contribution >= 0.6 is 0 Å². The van der Waals surface area contributed by atoms with E-state index in [1.54, 1.807) is 21.3 Å². The van der Waals surface area contributed by atoms with E-state index in [9.17, 15) is 4.79 Å². The van der Waals surface area contributed by atoms with E-state index in [4.69, 9.17) is 19.2 Å². The smallest absolute Gasteiger partial charge is 0.251 e. The maximum Gasteiger partial charge on any atom is 0.251 e. The summed E-state index contributed by atoms with van der Waals surface area (Å²) in [5.41, 5.74) is 4.20. The SMILES string of the molecule is CCCCn1c(-c2ccc(OC)cc2)nc2cc(C(=O)NCc3cccc(OC)c3OC)ccc21. The Morgan fingerprint density at radius 3 is 2.46 bits per heavy atom. The molecule has 0 aliphatic heterocycles. The topological polar surface area (TPSA) is 74.6 Å². The number of aryl methyl sites for hydroxylation is 1. The van der Waals surface area contributed by atoms with E-state index in [0.29, 0.717) is 23.6 Å². The highest BCUT2D eigenvalue weighted by Gasteiger charge is 2.16. The fourth-order valence-corrected chi connectivity index (χ4v) is 4.14. The van der Waals surface area contributed by atoms with E-state index in [1.165, 1.54) is 0 Å². The lowest BCUT2D eigenvalue weighted by Gasteiger charge is -2.13. The molecule has 0 saturated heterocycles. The van der Waals surface area contributed by atoms with Crippen LogP contribution in [0.2, 0.25) is 0 Å². The molecule has 3 aromatic carbocycles. The molecule has 0 radical (unpaired) electrons. The number of carbonyl (C=O) groups excluding carboxylic acids is 1. The van der Waals surface area contributed by atoms with Crippen molar-refractivity contribution < 1.29 is 19.0 Å². The number of imidazole rings is 1. The van der Waals surface area contributed by atoms with Gasteiger partial charge in [-0.25, -0.2) is 4.98 Å². The molecule has 35 heavy (non-hydrogen) atoms. The first-order chi connectivity index (χ1) is 17.1. The van der Waals surface area contributed by atoms with Crippen molar-refractivity contribution in [2.75, 3.05) is 21.3 Å². The third-order valence-electron chi connectivity index (χ3n) is 6.02. The van der Waals surface area contributed by atoms with Crippen LogP contribution in [0.3, 0.4) is 0 Å². The van der Waals surface area contributed by atoms with Gasteiger partial charge in [0.25, 0.3) is 5.91 Å². The first-order valence-corrected chi connectivity index (χ1v) is 11.7. The summed E-state index contributed by atoms with van der Waals surface area (Å²) < 4.78 is 18.3. The lowest BCUT2D eigenvalue weighted by Crippen LogP contribution is -2.23. The number of amides is 1. The summed E-state index contributed by atoms with van der Waals surface area (Å²) >= 11 is 0. The summed E-state index contributed by atoms with van der Waals surface area (Å²) in [6, 6.07) is 19.2. The number of unbranched alkanes of at least 4 members (excludes halogenated alkanes) is 1. The van der Waals surface area contributed by atoms with Gasteiger partial charge in [0.15, 0.2) is 11.5 Å². The van der Waals surface area contributed by atoms with Crippen LogP contribution < -0.4 is 19.5 Å². The van der Waals surface area contributed by atoms with Crippen molar-refractivity contribution in [3.63, 3.8) is 0 Å². The van der Waals surface area contributed by atoms with Gasteiger partial charge in [-0.05, 0) is 55.0 Å². The van der Waals surface area contributed by atoms with Crippen LogP contribution in [0, 0.1) is 0 Å². The first kappa shape index (κ1) is 24.1. The highest BCUT2D eigenvalue weighted by Crippen LogP contribution is 2.31. The number of ether oxygens (including phenoxy) is 3. The number of carbonyl (C=O) groups is 1. The monoisotopic (exact) mass is 473 g/mol. The minimum absolute atomic E-state index is 0.175. The van der Waals surface area contributed by atoms with Gasteiger partial charge in [-0.2, -0.15) is 0 Å². The van der Waals surface area contributed by atoms with Crippen LogP contribution in [0.1, 0.15) is 35.7 Å². The molecule has 1 aromatic heterocycles. The Hall–Kier alpha value is -4.00. The molecule has 4 rings (SSSR count). The molecule has 0 bridgehead atoms. The van der Waals surface area contributed by atoms with Crippen molar-refractivity contribution in [3.05, 3.63) is 71.8 Å². The van der Waals surface area contributed by atoms with Crippen molar-refractivity contribution in [1.29, 1.82) is 0 Å². The molecule has 0 unspecified atom stereocenters. The van der Waals surface area contributed by atoms with Crippen LogP contribution in [0.15, 0.2) is 60.7 Å². The largest absolute Gasteiger partial charge is 0.497 e. The van der Waals surface area contributed by atoms with Crippen LogP contribution in [0.25, 0.3) is 22.4 Å². The number of hydrogen-bond acceptors (Lipinski definition) is 5. The molecule has 7 heteroatoms. The van der Waals surface area contributed by atoms with Gasteiger partial charge in [-0.3, -0.25) is 4.79 Å². The number of benzene rings is 3. The van der Waals surface area contributed by atoms with E-state index in [0.717, 1.165) is 53.1 Å². The lowest BCUT2D eigenvalue weighted by atomic mass is 10.1. The second-order valence-corrected chi connectivity index (χ2v) is 8.21. The molecule has 4 aromatic rings. The number of aromatic nitrogens is 2. The third kappa shape index (κ3) is 5.09. The van der Waals surface area contributed by atoms with Crippen LogP contribution in [0.4, 0.5) is 0 Å². The Morgan fingerprint density at radius 2 is 1.77 bits per heavy atom. The molecule has 0 aliphatic carbocycles. The average Bonchev–Trinajstić information content (AvgIpc) is 3.27. The summed E-state index contributed by atoms with van der Waals surface area (Å²) in [4.78, 5) is 17.9. The zero-order valence-electron chi connectivity index (χ0n) is 20.6. The fraction of sp³-hybridized carbons (Fsp3) is 0.286. The highest BCUT2D eigenvalue weighted by atomic mass is 16.5. The summed E-state index contributed by atoms with van der Waals surface area (Å²) in [5, 5.41) is 2.98. The molecule has 1 heterocycles. The standard InChI is InChI=1S/C28H31N3O4/c1-5-6-16-31-24-15-12-20(17-23(24)30-27(31)19-10-13-22(33-2)14-11-19)28(32)29-18-21-8-7-9-25(34-3)26(21)35-4/h7-15,17H,5-6,16,18H2,1-4H3,(H,29,32). The van der Waals surface area contributed by atoms with Gasteiger partial charge in [0.05, 0.1) is 32.4 Å². The Morgan fingerprint density at radius 1 is 0.971 bits per heavy atom. The second-order valence-electron chi connectivity index (χ2n) is 8.21. The Labute approximate surface area is 205 Å². The number of nitrogens with one attached hydrogen (secondary N) is 1. The molecule has 7 nitrogen and oxygen atoms in total. The minimum Gasteiger partial charge on any atom is -0.497 e. The molecule has 1 N–H and O–H groups in total. The highest BCUT2D eigenvalue weighted by molar-refractivity contribution is 5.98. The van der Waals surface area contributed by atoms with Gasteiger partial charge in [-0.15, -0.1) is 0 Å². The van der Waals surface area contributed by atoms with Crippen LogP contribution in [-0.2, 0) is 13.1 Å². The molecule has 182 valence electrons. The number of para-hydroxylation sites is 1. The van der Waals surface area contributed by atoms with E-state index in [2.05, 4.69) is 16.8 Å². The van der Waals surface area contributed by atoms with Crippen LogP contribution in [0.5, 0.6) is 17.2 Å². The summed E-state index contributed by atoms with van der Waals surface area (Å²) in [5.74, 6) is 2.76. The average molecular weight is 474 g/mol. The molecule has 0 saturated carbocycles. The number of rotatable bonds is 10. The van der Waals surface area contributed by atoms with Crippen molar-refractivity contribution in [3.8, 4) is 28.6 Å². The molecular weight excluding hydrogens is 442 g/mol. The summed E-state index contributed by atoms with van der Waals surface area (Å²) in [6.07, 6.45) is 2.12. The van der Waals surface area contributed by atoms with Crippen LogP contribution in [-0.4, -0.2) is 36.8 Å². The molecule has 0 spiro atoms. The van der Waals surface area contributed by atoms with E-state index in [1.807, 2.05) is 60.7 Å². The predicted octanol–water partition coefficient (Wildman–Crippen LogP) is 5.46. The number of methoxy groups -OCH3 is 3. The number of nitrogens with zero attached hydrogens (tertiary/aromatic N) is 2. The van der Waals surface area contributed by atoms with Crippen molar-refractivity contribution in [1.82, 2.24) is 14.9 Å². The zero-order chi connectivity index (χ0) is 24.8. The Kier molecular flexibility index (Phi) is 7.55. The van der Waals surface area contributed by atoms with Gasteiger partial charge in [0.1, 0.15) is 11.6 Å². The lowest BCUT2D eigenvalue weighted by molar-refractivity contribution is 0.0950. The van der Waals surface area contributed by atoms with E-state index >= 15 is 0 Å². The van der Waals surface area contributed by atoms with Gasteiger partial charge in [0, 0.05) is 29.8 Å². The Bertz CT molecular complexity index is 1310. The zero-order valence-corrected chi connectivity index (χ0v) is 20.6. The normalized spacial score (nSPS) is 10.9. The van der Waals surface area contributed by atoms with E-state index in [-0.39, 0.29) is 5.91 Å². The van der Waals surface area contributed by atoms with Crippen molar-refractivity contribution in [2.24, 2.45) is 0 Å². The molecule has 0 aliphatic rings. The van der Waals surface area contributed by atoms with Gasteiger partial charge >= 0.3 is 0 Å². The molecule has 0 fully saturated rings. The maximum absolute atomic E-state index is 13.0. The minimum atomic E-state index is -0.175. The molecular formula is C28H31N3O4. The number of hydrogen-bond donors (Lipinski definition) is 1. The maximum atomic E-state index is 13.0. The quantitative estimate of drug-likeness (QED) is 0.331. The molecule has 1 amide bonds. The molecule has 0 atom stereocenters. The van der Waals surface area contributed by atoms with Gasteiger partial charge < -0.3 is 24.1 Å². The second kappa shape index (κ2) is 11.0. The Balaban J connectivity index is 1.62. The first-order valence-electron chi connectivity index (χ1n) is 11.7. The van der Waals surface area contributed by atoms with Crippen molar-refractivity contribution in [2.45, 2.75) is 32.9 Å². The summed E-state index contributed by atoms with van der Waals surface area (Å²) in [6.45, 7) is 3.35. The van der Waals surface area contributed by atoms with Gasteiger partial charge in [-0.1, -0.05) is 25.5 Å². The number of fused-ring (bicyclic) bond motifs is 1. The third-order valence-corrected chi connectivity index (χ3v) is 6.02. The van der Waals surface area contributed by atoms with Gasteiger partial charge in [0.2, 0.25) is 0 Å². The van der Waals surface area contributed by atoms with Crippen molar-refractivity contribution >= 4 is 16.9 Å². The fourth-order valence-electron chi connectivity index (χ4n) is 4.14. The predicted molar refractivity (Wildman–Crippen MR) is 137 cm³/mol. The summed E-state index contributed by atoms with van der Waals surface area (Å²) in [7, 11) is 4.84.